The molecule has 0 saturated carbocycles. The third-order valence-electron chi connectivity index (χ3n) is 2.08. The van der Waals surface area contributed by atoms with E-state index < -0.39 is 28.9 Å². The fraction of sp³-hybridized carbons (Fsp3) is 0.0909. The molecule has 0 aliphatic heterocycles. The maximum absolute atomic E-state index is 13.2. The molecular formula is C11H4Cl2F4N2O. The van der Waals surface area contributed by atoms with Crippen LogP contribution in [0.3, 0.4) is 0 Å². The van der Waals surface area contributed by atoms with Gasteiger partial charge in [-0.2, -0.15) is 18.2 Å². The Morgan fingerprint density at radius 1 is 1.05 bits per heavy atom. The topological polar surface area (TPSA) is 35.0 Å². The smallest absolute Gasteiger partial charge is 0.433 e. The van der Waals surface area contributed by atoms with Crippen molar-refractivity contribution in [2.45, 2.75) is 6.18 Å². The molecule has 0 bridgehead atoms. The van der Waals surface area contributed by atoms with E-state index in [1.165, 1.54) is 12.1 Å². The Labute approximate surface area is 120 Å². The Bertz CT molecular complexity index is 649. The molecule has 0 fully saturated rings. The summed E-state index contributed by atoms with van der Waals surface area (Å²) in [5.41, 5.74) is -1.26. The highest BCUT2D eigenvalue weighted by molar-refractivity contribution is 6.30. The fourth-order valence-electron chi connectivity index (χ4n) is 1.26. The predicted molar refractivity (Wildman–Crippen MR) is 63.5 cm³/mol. The molecule has 9 heteroatoms. The molecule has 3 nitrogen and oxygen atoms in total. The van der Waals surface area contributed by atoms with Gasteiger partial charge in [0.2, 0.25) is 11.2 Å². The summed E-state index contributed by atoms with van der Waals surface area (Å²) in [5, 5.41) is -0.779. The number of aromatic nitrogens is 2. The Kier molecular flexibility index (Phi) is 4.01. The number of rotatable bonds is 2. The molecule has 0 aliphatic rings. The van der Waals surface area contributed by atoms with Crippen molar-refractivity contribution in [3.8, 4) is 11.6 Å². The Hall–Kier alpha value is -1.60. The predicted octanol–water partition coefficient (Wildman–Crippen LogP) is 4.73. The van der Waals surface area contributed by atoms with Gasteiger partial charge in [0.1, 0.15) is 11.6 Å². The molecule has 0 unspecified atom stereocenters. The van der Waals surface area contributed by atoms with Crippen molar-refractivity contribution in [1.29, 1.82) is 0 Å². The van der Waals surface area contributed by atoms with E-state index in [9.17, 15) is 17.6 Å². The highest BCUT2D eigenvalue weighted by atomic mass is 35.5. The number of benzene rings is 1. The fourth-order valence-corrected chi connectivity index (χ4v) is 1.55. The minimum absolute atomic E-state index is 0.0743. The van der Waals surface area contributed by atoms with Gasteiger partial charge < -0.3 is 4.74 Å². The van der Waals surface area contributed by atoms with E-state index >= 15 is 0 Å². The summed E-state index contributed by atoms with van der Waals surface area (Å²) >= 11 is 10.8. The number of halogens is 6. The Balaban J connectivity index is 2.33. The summed E-state index contributed by atoms with van der Waals surface area (Å²) in [7, 11) is 0. The second-order valence-corrected chi connectivity index (χ2v) is 4.28. The van der Waals surface area contributed by atoms with E-state index in [1.54, 1.807) is 0 Å². The molecular weight excluding hydrogens is 323 g/mol. The maximum atomic E-state index is 13.2. The van der Waals surface area contributed by atoms with E-state index in [2.05, 4.69) is 9.97 Å². The summed E-state index contributed by atoms with van der Waals surface area (Å²) in [6, 6.07) is 3.93. The largest absolute Gasteiger partial charge is 0.439 e. The normalized spacial score (nSPS) is 11.5. The minimum Gasteiger partial charge on any atom is -0.439 e. The molecule has 20 heavy (non-hydrogen) atoms. The average molecular weight is 327 g/mol. The molecule has 0 amide bonds. The zero-order chi connectivity index (χ0) is 14.9. The highest BCUT2D eigenvalue weighted by Gasteiger charge is 2.34. The van der Waals surface area contributed by atoms with Gasteiger partial charge in [-0.15, -0.1) is 0 Å². The van der Waals surface area contributed by atoms with E-state index in [0.29, 0.717) is 6.07 Å². The van der Waals surface area contributed by atoms with E-state index in [4.69, 9.17) is 27.9 Å². The van der Waals surface area contributed by atoms with Crippen LogP contribution in [-0.4, -0.2) is 9.97 Å². The van der Waals surface area contributed by atoms with Gasteiger partial charge in [-0.1, -0.05) is 11.6 Å². The van der Waals surface area contributed by atoms with Crippen molar-refractivity contribution in [2.24, 2.45) is 0 Å². The third-order valence-corrected chi connectivity index (χ3v) is 2.55. The summed E-state index contributed by atoms with van der Waals surface area (Å²) in [6.45, 7) is 0. The van der Waals surface area contributed by atoms with Gasteiger partial charge in [0.25, 0.3) is 0 Å². The van der Waals surface area contributed by atoms with Gasteiger partial charge in [0.05, 0.1) is 5.02 Å². The first-order chi connectivity index (χ1) is 9.25. The highest BCUT2D eigenvalue weighted by Crippen LogP contribution is 2.32. The lowest BCUT2D eigenvalue weighted by Crippen LogP contribution is -2.09. The molecule has 1 aromatic heterocycles. The monoisotopic (exact) mass is 326 g/mol. The molecule has 0 N–H and O–H groups in total. The van der Waals surface area contributed by atoms with Gasteiger partial charge in [0, 0.05) is 12.1 Å². The quantitative estimate of drug-likeness (QED) is 0.591. The van der Waals surface area contributed by atoms with Crippen LogP contribution >= 0.6 is 23.2 Å². The van der Waals surface area contributed by atoms with Crippen molar-refractivity contribution in [3.05, 3.63) is 46.1 Å². The molecule has 0 spiro atoms. The van der Waals surface area contributed by atoms with E-state index in [1.807, 2.05) is 0 Å². The first-order valence-corrected chi connectivity index (χ1v) is 5.76. The van der Waals surface area contributed by atoms with Crippen LogP contribution in [0.25, 0.3) is 0 Å². The van der Waals surface area contributed by atoms with Gasteiger partial charge in [-0.05, 0) is 23.7 Å². The number of hydrogen-bond donors (Lipinski definition) is 0. The molecule has 2 rings (SSSR count). The second kappa shape index (κ2) is 5.41. The lowest BCUT2D eigenvalue weighted by atomic mass is 10.3. The van der Waals surface area contributed by atoms with Crippen LogP contribution in [0.15, 0.2) is 24.3 Å². The third kappa shape index (κ3) is 3.49. The first-order valence-electron chi connectivity index (χ1n) is 5.00. The van der Waals surface area contributed by atoms with Crippen LogP contribution in [0, 0.1) is 5.82 Å². The van der Waals surface area contributed by atoms with Crippen molar-refractivity contribution >= 4 is 23.2 Å². The van der Waals surface area contributed by atoms with Crippen LogP contribution in [0.4, 0.5) is 17.6 Å². The molecule has 0 radical (unpaired) electrons. The molecule has 0 aliphatic carbocycles. The maximum Gasteiger partial charge on any atom is 0.433 e. The number of nitrogens with zero attached hydrogens (tertiary/aromatic N) is 2. The van der Waals surface area contributed by atoms with E-state index in [0.717, 1.165) is 6.07 Å². The van der Waals surface area contributed by atoms with Crippen molar-refractivity contribution in [1.82, 2.24) is 9.97 Å². The lowest BCUT2D eigenvalue weighted by Gasteiger charge is -2.09. The molecule has 1 aromatic carbocycles. The van der Waals surface area contributed by atoms with Gasteiger partial charge >= 0.3 is 6.18 Å². The SMILES string of the molecule is Fc1cc(Oc2cc(C(F)(F)F)nc(Cl)n2)ccc1Cl. The second-order valence-electron chi connectivity index (χ2n) is 3.54. The average Bonchev–Trinajstić information content (AvgIpc) is 2.32. The number of hydrogen-bond acceptors (Lipinski definition) is 3. The number of ether oxygens (including phenoxy) is 1. The molecule has 1 heterocycles. The zero-order valence-corrected chi connectivity index (χ0v) is 10.9. The molecule has 106 valence electrons. The zero-order valence-electron chi connectivity index (χ0n) is 9.38. The summed E-state index contributed by atoms with van der Waals surface area (Å²) < 4.78 is 55.7. The van der Waals surface area contributed by atoms with Crippen LogP contribution in [0.1, 0.15) is 5.69 Å². The van der Waals surface area contributed by atoms with Gasteiger partial charge in [-0.25, -0.2) is 9.37 Å². The summed E-state index contributed by atoms with van der Waals surface area (Å²) in [6.07, 6.45) is -4.70. The first kappa shape index (κ1) is 14.8. The summed E-state index contributed by atoms with van der Waals surface area (Å²) in [5.74, 6) is -1.31. The Morgan fingerprint density at radius 3 is 2.35 bits per heavy atom. The van der Waals surface area contributed by atoms with Crippen LogP contribution in [0.5, 0.6) is 11.6 Å². The van der Waals surface area contributed by atoms with Crippen LogP contribution < -0.4 is 4.74 Å². The van der Waals surface area contributed by atoms with Crippen molar-refractivity contribution < 1.29 is 22.3 Å². The van der Waals surface area contributed by atoms with Crippen molar-refractivity contribution in [2.75, 3.05) is 0 Å². The van der Waals surface area contributed by atoms with Gasteiger partial charge in [0.15, 0.2) is 5.69 Å². The van der Waals surface area contributed by atoms with Crippen LogP contribution in [0.2, 0.25) is 10.3 Å². The lowest BCUT2D eigenvalue weighted by molar-refractivity contribution is -0.141. The summed E-state index contributed by atoms with van der Waals surface area (Å²) in [4.78, 5) is 6.50. The standard InChI is InChI=1S/C11H4Cl2F4N2O/c12-6-2-1-5(3-7(6)14)20-9-4-8(11(15,16)17)18-10(13)19-9/h1-4H. The molecule has 2 aromatic rings. The van der Waals surface area contributed by atoms with E-state index in [-0.39, 0.29) is 10.8 Å². The number of alkyl halides is 3. The van der Waals surface area contributed by atoms with Gasteiger partial charge in [-0.3, -0.25) is 0 Å². The van der Waals surface area contributed by atoms with Crippen molar-refractivity contribution in [3.63, 3.8) is 0 Å². The molecule has 0 atom stereocenters. The Morgan fingerprint density at radius 2 is 1.75 bits per heavy atom. The minimum atomic E-state index is -4.70. The van der Waals surface area contributed by atoms with Crippen LogP contribution in [-0.2, 0) is 6.18 Å². The molecule has 0 saturated heterocycles.